The maximum absolute atomic E-state index is 12.4. The van der Waals surface area contributed by atoms with Crippen molar-refractivity contribution in [1.29, 1.82) is 0 Å². The average Bonchev–Trinajstić information content (AvgIpc) is 3.40. The normalized spacial score (nSPS) is 13.0. The quantitative estimate of drug-likeness (QED) is 0.420. The second-order valence-corrected chi connectivity index (χ2v) is 9.26. The van der Waals surface area contributed by atoms with Gasteiger partial charge in [-0.05, 0) is 59.3 Å². The van der Waals surface area contributed by atoms with Crippen LogP contribution in [0.15, 0.2) is 53.9 Å². The van der Waals surface area contributed by atoms with E-state index in [1.54, 1.807) is 49.8 Å². The van der Waals surface area contributed by atoms with Crippen molar-refractivity contribution in [2.45, 2.75) is 19.5 Å². The number of benzene rings is 2. The van der Waals surface area contributed by atoms with E-state index >= 15 is 0 Å². The number of carbonyl (C=O) groups is 2. The largest absolute Gasteiger partial charge is 0.493 e. The predicted molar refractivity (Wildman–Crippen MR) is 137 cm³/mol. The fourth-order valence-corrected chi connectivity index (χ4v) is 4.70. The molecule has 8 nitrogen and oxygen atoms in total. The third-order valence-electron chi connectivity index (χ3n) is 5.90. The molecule has 3 amide bonds. The minimum absolute atomic E-state index is 0.179. The lowest BCUT2D eigenvalue weighted by Crippen LogP contribution is -2.39. The molecule has 0 spiro atoms. The first kappa shape index (κ1) is 24.6. The average molecular weight is 495 g/mol. The van der Waals surface area contributed by atoms with Gasteiger partial charge in [0.15, 0.2) is 11.5 Å². The van der Waals surface area contributed by atoms with Gasteiger partial charge in [0.25, 0.3) is 5.91 Å². The van der Waals surface area contributed by atoms with Crippen molar-refractivity contribution in [2.24, 2.45) is 0 Å². The molecule has 0 atom stereocenters. The number of thiophene rings is 1. The number of rotatable bonds is 9. The van der Waals surface area contributed by atoms with Crippen LogP contribution >= 0.6 is 11.3 Å². The molecular weight excluding hydrogens is 464 g/mol. The van der Waals surface area contributed by atoms with Crippen molar-refractivity contribution < 1.29 is 19.1 Å². The maximum atomic E-state index is 12.4. The molecule has 1 aromatic heterocycles. The molecular formula is C26H30N4O4S. The lowest BCUT2D eigenvalue weighted by atomic mass is 9.99. The molecule has 3 aromatic rings. The number of nitrogens with zero attached hydrogens (tertiary/aromatic N) is 1. The monoisotopic (exact) mass is 494 g/mol. The number of carbonyl (C=O) groups excluding carboxylic acids is 2. The van der Waals surface area contributed by atoms with Crippen LogP contribution in [0, 0.1) is 0 Å². The van der Waals surface area contributed by atoms with Crippen LogP contribution in [0.25, 0.3) is 0 Å². The number of fused-ring (bicyclic) bond motifs is 1. The Bertz CT molecular complexity index is 1170. The molecule has 35 heavy (non-hydrogen) atoms. The molecule has 4 rings (SSSR count). The zero-order valence-electron chi connectivity index (χ0n) is 19.9. The summed E-state index contributed by atoms with van der Waals surface area (Å²) in [5, 5.41) is 10.6. The zero-order valence-corrected chi connectivity index (χ0v) is 20.7. The van der Waals surface area contributed by atoms with Gasteiger partial charge in [-0.2, -0.15) is 0 Å². The second-order valence-electron chi connectivity index (χ2n) is 8.23. The Morgan fingerprint density at radius 1 is 1.00 bits per heavy atom. The van der Waals surface area contributed by atoms with Gasteiger partial charge in [0.2, 0.25) is 0 Å². The van der Waals surface area contributed by atoms with E-state index in [2.05, 4.69) is 20.9 Å². The lowest BCUT2D eigenvalue weighted by Gasteiger charge is -2.29. The summed E-state index contributed by atoms with van der Waals surface area (Å²) in [5.41, 5.74) is 3.55. The van der Waals surface area contributed by atoms with E-state index in [4.69, 9.17) is 9.47 Å². The molecule has 1 aliphatic rings. The van der Waals surface area contributed by atoms with E-state index in [0.717, 1.165) is 42.4 Å². The lowest BCUT2D eigenvalue weighted by molar-refractivity contribution is 0.0951. The van der Waals surface area contributed by atoms with E-state index in [0.29, 0.717) is 24.3 Å². The van der Waals surface area contributed by atoms with Gasteiger partial charge in [0.1, 0.15) is 0 Å². The van der Waals surface area contributed by atoms with E-state index in [-0.39, 0.29) is 11.9 Å². The van der Waals surface area contributed by atoms with Crippen LogP contribution in [-0.2, 0) is 19.5 Å². The highest BCUT2D eigenvalue weighted by Gasteiger charge is 2.19. The van der Waals surface area contributed by atoms with Crippen LogP contribution in [0.2, 0.25) is 0 Å². The molecule has 2 heterocycles. The summed E-state index contributed by atoms with van der Waals surface area (Å²) < 4.78 is 10.8. The van der Waals surface area contributed by atoms with Gasteiger partial charge in [-0.3, -0.25) is 9.69 Å². The van der Waals surface area contributed by atoms with E-state index in [9.17, 15) is 9.59 Å². The van der Waals surface area contributed by atoms with E-state index < -0.39 is 0 Å². The molecule has 2 aromatic carbocycles. The number of hydrogen-bond acceptors (Lipinski definition) is 6. The van der Waals surface area contributed by atoms with Crippen molar-refractivity contribution in [2.75, 3.05) is 39.2 Å². The highest BCUT2D eigenvalue weighted by atomic mass is 32.1. The molecule has 0 radical (unpaired) electrons. The van der Waals surface area contributed by atoms with Crippen molar-refractivity contribution in [1.82, 2.24) is 15.5 Å². The smallest absolute Gasteiger partial charge is 0.319 e. The number of urea groups is 1. The van der Waals surface area contributed by atoms with Crippen LogP contribution in [-0.4, -0.2) is 50.7 Å². The predicted octanol–water partition coefficient (Wildman–Crippen LogP) is 3.88. The molecule has 0 saturated heterocycles. The Hall–Kier alpha value is -3.56. The van der Waals surface area contributed by atoms with Crippen LogP contribution in [0.5, 0.6) is 11.5 Å². The van der Waals surface area contributed by atoms with Gasteiger partial charge in [-0.15, -0.1) is 11.3 Å². The van der Waals surface area contributed by atoms with E-state index in [1.807, 2.05) is 29.6 Å². The molecule has 0 aliphatic carbocycles. The Balaban J connectivity index is 1.23. The Morgan fingerprint density at radius 2 is 1.80 bits per heavy atom. The summed E-state index contributed by atoms with van der Waals surface area (Å²) in [6.45, 7) is 3.42. The summed E-state index contributed by atoms with van der Waals surface area (Å²) in [6, 6.07) is 14.6. The third-order valence-corrected chi connectivity index (χ3v) is 6.77. The molecule has 0 fully saturated rings. The van der Waals surface area contributed by atoms with Gasteiger partial charge < -0.3 is 25.4 Å². The summed E-state index contributed by atoms with van der Waals surface area (Å²) in [7, 11) is 3.29. The number of amides is 3. The van der Waals surface area contributed by atoms with Gasteiger partial charge in [0, 0.05) is 42.3 Å². The minimum atomic E-state index is -0.301. The molecule has 184 valence electrons. The first-order chi connectivity index (χ1) is 17.1. The van der Waals surface area contributed by atoms with Crippen LogP contribution in [0.3, 0.4) is 0 Å². The van der Waals surface area contributed by atoms with E-state index in [1.165, 1.54) is 11.1 Å². The van der Waals surface area contributed by atoms with Gasteiger partial charge in [-0.1, -0.05) is 12.1 Å². The first-order valence-electron chi connectivity index (χ1n) is 11.5. The highest BCUT2D eigenvalue weighted by Crippen LogP contribution is 2.33. The SMILES string of the molecule is COc1cc2c(cc1OC)CN(CCNC(=O)Nc1cccc(C(=O)NCc3cccs3)c1)CC2. The zero-order chi connectivity index (χ0) is 24.6. The fraction of sp³-hybridized carbons (Fsp3) is 0.308. The number of nitrogens with one attached hydrogen (secondary N) is 3. The fourth-order valence-electron chi connectivity index (χ4n) is 4.06. The van der Waals surface area contributed by atoms with Gasteiger partial charge in [-0.25, -0.2) is 4.79 Å². The van der Waals surface area contributed by atoms with Gasteiger partial charge >= 0.3 is 6.03 Å². The minimum Gasteiger partial charge on any atom is -0.493 e. The van der Waals surface area contributed by atoms with Crippen LogP contribution in [0.1, 0.15) is 26.4 Å². The molecule has 9 heteroatoms. The second kappa shape index (κ2) is 11.7. The van der Waals surface area contributed by atoms with Crippen molar-refractivity contribution in [3.63, 3.8) is 0 Å². The molecule has 0 saturated carbocycles. The molecule has 3 N–H and O–H groups in total. The Morgan fingerprint density at radius 3 is 2.54 bits per heavy atom. The summed E-state index contributed by atoms with van der Waals surface area (Å²) in [4.78, 5) is 28.2. The molecule has 1 aliphatic heterocycles. The topological polar surface area (TPSA) is 91.9 Å². The molecule has 0 bridgehead atoms. The Labute approximate surface area is 209 Å². The first-order valence-corrected chi connectivity index (χ1v) is 12.4. The number of methoxy groups -OCH3 is 2. The highest BCUT2D eigenvalue weighted by molar-refractivity contribution is 7.09. The number of anilines is 1. The van der Waals surface area contributed by atoms with Gasteiger partial charge in [0.05, 0.1) is 20.8 Å². The summed E-state index contributed by atoms with van der Waals surface area (Å²) in [6.07, 6.45) is 0.920. The van der Waals surface area contributed by atoms with Crippen molar-refractivity contribution in [3.05, 3.63) is 75.5 Å². The van der Waals surface area contributed by atoms with Crippen LogP contribution < -0.4 is 25.4 Å². The number of hydrogen-bond donors (Lipinski definition) is 3. The Kier molecular flexibility index (Phi) is 8.23. The van der Waals surface area contributed by atoms with Crippen molar-refractivity contribution in [3.8, 4) is 11.5 Å². The standard InChI is InChI=1S/C26H30N4O4S/c1-33-23-14-18-8-10-30(17-20(18)15-24(23)34-2)11-9-27-26(32)29-21-6-3-5-19(13-21)25(31)28-16-22-7-4-12-35-22/h3-7,12-15H,8-11,16-17H2,1-2H3,(H,28,31)(H2,27,29,32). The maximum Gasteiger partial charge on any atom is 0.319 e. The van der Waals surface area contributed by atoms with Crippen molar-refractivity contribution >= 4 is 29.0 Å². The summed E-state index contributed by atoms with van der Waals surface area (Å²) in [5.74, 6) is 1.30. The summed E-state index contributed by atoms with van der Waals surface area (Å²) >= 11 is 1.60. The molecule has 0 unspecified atom stereocenters. The third kappa shape index (κ3) is 6.52. The van der Waals surface area contributed by atoms with Crippen LogP contribution in [0.4, 0.5) is 10.5 Å². The number of ether oxygens (including phenoxy) is 2.